The molecule has 92 valence electrons. The lowest BCUT2D eigenvalue weighted by molar-refractivity contribution is 0.600. The Balaban J connectivity index is 2.17. The number of sulfonamides is 1. The Hall–Kier alpha value is -1.20. The van der Waals surface area contributed by atoms with E-state index in [-0.39, 0.29) is 5.75 Å². The molecule has 4 nitrogen and oxygen atoms in total. The number of nitrogens with one attached hydrogen (secondary N) is 2. The fourth-order valence-electron chi connectivity index (χ4n) is 1.59. The number of hydrogen-bond donors (Lipinski definition) is 2. The third kappa shape index (κ3) is 3.14. The molecule has 2 aromatic rings. The minimum absolute atomic E-state index is 0.0433. The molecule has 0 aliphatic rings. The highest BCUT2D eigenvalue weighted by Crippen LogP contribution is 2.18. The number of benzene rings is 1. The maximum atomic E-state index is 11.7. The highest BCUT2D eigenvalue weighted by molar-refractivity contribution is 7.92. The maximum absolute atomic E-state index is 11.7. The average Bonchev–Trinajstić information content (AvgIpc) is 2.73. The molecule has 0 amide bonds. The van der Waals surface area contributed by atoms with Gasteiger partial charge in [0.2, 0.25) is 10.0 Å². The van der Waals surface area contributed by atoms with E-state index in [1.165, 1.54) is 0 Å². The summed E-state index contributed by atoms with van der Waals surface area (Å²) in [6, 6.07) is 7.27. The van der Waals surface area contributed by atoms with E-state index < -0.39 is 10.0 Å². The summed E-state index contributed by atoms with van der Waals surface area (Å²) >= 11 is 5.48. The van der Waals surface area contributed by atoms with Crippen molar-refractivity contribution in [2.24, 2.45) is 0 Å². The Kier molecular flexibility index (Phi) is 3.59. The molecule has 6 heteroatoms. The van der Waals surface area contributed by atoms with E-state index in [1.54, 1.807) is 12.1 Å². The van der Waals surface area contributed by atoms with Crippen molar-refractivity contribution in [3.63, 3.8) is 0 Å². The minimum Gasteiger partial charge on any atom is -0.361 e. The normalized spacial score (nSPS) is 11.8. The smallest absolute Gasteiger partial charge is 0.232 e. The van der Waals surface area contributed by atoms with Crippen LogP contribution in [0.15, 0.2) is 30.5 Å². The summed E-state index contributed by atoms with van der Waals surface area (Å²) in [6.45, 7) is 0. The summed E-state index contributed by atoms with van der Waals surface area (Å²) < 4.78 is 25.8. The maximum Gasteiger partial charge on any atom is 0.232 e. The highest BCUT2D eigenvalue weighted by Gasteiger charge is 2.09. The van der Waals surface area contributed by atoms with Crippen molar-refractivity contribution in [2.75, 3.05) is 16.4 Å². The minimum atomic E-state index is -3.29. The van der Waals surface area contributed by atoms with Crippen molar-refractivity contribution in [1.29, 1.82) is 0 Å². The largest absolute Gasteiger partial charge is 0.361 e. The molecule has 0 radical (unpaired) electrons. The molecule has 1 aromatic carbocycles. The third-order valence-corrected chi connectivity index (χ3v) is 4.01. The lowest BCUT2D eigenvalue weighted by atomic mass is 10.2. The second-order valence-electron chi connectivity index (χ2n) is 3.74. The highest BCUT2D eigenvalue weighted by atomic mass is 35.5. The molecule has 0 aliphatic heterocycles. The van der Waals surface area contributed by atoms with E-state index in [1.807, 2.05) is 18.3 Å². The molecule has 0 unspecified atom stereocenters. The van der Waals surface area contributed by atoms with Gasteiger partial charge in [-0.05, 0) is 30.7 Å². The first-order valence-corrected chi connectivity index (χ1v) is 7.43. The predicted molar refractivity (Wildman–Crippen MR) is 71.0 cm³/mol. The molecule has 1 heterocycles. The third-order valence-electron chi connectivity index (χ3n) is 2.37. The standard InChI is InChI=1S/C11H13ClN2O2S/c12-5-1-7-17(15,16)14-10-2-3-11-9(8-10)4-6-13-11/h2-4,6,8,13-14H,1,5,7H2. The fourth-order valence-corrected chi connectivity index (χ4v) is 3.00. The van der Waals surface area contributed by atoms with Crippen LogP contribution in [0.5, 0.6) is 0 Å². The zero-order valence-electron chi connectivity index (χ0n) is 9.11. The SMILES string of the molecule is O=S(=O)(CCCCl)Nc1ccc2[nH]ccc2c1. The van der Waals surface area contributed by atoms with E-state index >= 15 is 0 Å². The van der Waals surface area contributed by atoms with Crippen LogP contribution in [0.2, 0.25) is 0 Å². The number of aromatic nitrogens is 1. The van der Waals surface area contributed by atoms with Crippen LogP contribution in [-0.4, -0.2) is 25.0 Å². The van der Waals surface area contributed by atoms with Gasteiger partial charge in [0.25, 0.3) is 0 Å². The number of fused-ring (bicyclic) bond motifs is 1. The molecule has 0 aliphatic carbocycles. The van der Waals surface area contributed by atoms with Crippen molar-refractivity contribution in [3.8, 4) is 0 Å². The monoisotopic (exact) mass is 272 g/mol. The van der Waals surface area contributed by atoms with Crippen LogP contribution in [0.1, 0.15) is 6.42 Å². The van der Waals surface area contributed by atoms with Crippen LogP contribution in [0, 0.1) is 0 Å². The average molecular weight is 273 g/mol. The van der Waals surface area contributed by atoms with Crippen LogP contribution in [0.25, 0.3) is 10.9 Å². The van der Waals surface area contributed by atoms with Gasteiger partial charge in [-0.1, -0.05) is 0 Å². The van der Waals surface area contributed by atoms with Gasteiger partial charge in [-0.25, -0.2) is 8.42 Å². The van der Waals surface area contributed by atoms with Crippen molar-refractivity contribution >= 4 is 38.2 Å². The van der Waals surface area contributed by atoms with Crippen LogP contribution < -0.4 is 4.72 Å². The summed E-state index contributed by atoms with van der Waals surface area (Å²) in [7, 11) is -3.29. The van der Waals surface area contributed by atoms with Gasteiger partial charge in [-0.3, -0.25) is 4.72 Å². The zero-order valence-corrected chi connectivity index (χ0v) is 10.7. The molecule has 17 heavy (non-hydrogen) atoms. The zero-order chi connectivity index (χ0) is 12.3. The number of hydrogen-bond acceptors (Lipinski definition) is 2. The number of aromatic amines is 1. The first kappa shape index (κ1) is 12.3. The molecule has 0 fully saturated rings. The number of anilines is 1. The van der Waals surface area contributed by atoms with Crippen molar-refractivity contribution in [3.05, 3.63) is 30.5 Å². The first-order chi connectivity index (χ1) is 8.11. The Morgan fingerprint density at radius 3 is 2.88 bits per heavy atom. The number of halogens is 1. The Morgan fingerprint density at radius 1 is 1.29 bits per heavy atom. The van der Waals surface area contributed by atoms with Crippen LogP contribution in [0.3, 0.4) is 0 Å². The lowest BCUT2D eigenvalue weighted by Crippen LogP contribution is -2.16. The molecule has 0 spiro atoms. The molecule has 1 aromatic heterocycles. The summed E-state index contributed by atoms with van der Waals surface area (Å²) in [5.41, 5.74) is 1.56. The molecule has 2 rings (SSSR count). The predicted octanol–water partition coefficient (Wildman–Crippen LogP) is 2.54. The quantitative estimate of drug-likeness (QED) is 0.822. The second kappa shape index (κ2) is 4.98. The van der Waals surface area contributed by atoms with Gasteiger partial charge >= 0.3 is 0 Å². The summed E-state index contributed by atoms with van der Waals surface area (Å²) in [4.78, 5) is 3.05. The van der Waals surface area contributed by atoms with Crippen molar-refractivity contribution in [2.45, 2.75) is 6.42 Å². The van der Waals surface area contributed by atoms with Crippen LogP contribution in [0.4, 0.5) is 5.69 Å². The number of alkyl halides is 1. The number of rotatable bonds is 5. The molecule has 0 saturated carbocycles. The molecular weight excluding hydrogens is 260 g/mol. The van der Waals surface area contributed by atoms with E-state index in [9.17, 15) is 8.42 Å². The summed E-state index contributed by atoms with van der Waals surface area (Å²) in [5, 5.41) is 0.975. The van der Waals surface area contributed by atoms with Gasteiger partial charge in [0.1, 0.15) is 0 Å². The van der Waals surface area contributed by atoms with Gasteiger partial charge in [-0.2, -0.15) is 0 Å². The number of H-pyrrole nitrogens is 1. The van der Waals surface area contributed by atoms with Gasteiger partial charge in [0.15, 0.2) is 0 Å². The first-order valence-electron chi connectivity index (χ1n) is 5.24. The van der Waals surface area contributed by atoms with Gasteiger partial charge in [-0.15, -0.1) is 11.6 Å². The molecular formula is C11H13ClN2O2S. The van der Waals surface area contributed by atoms with E-state index in [0.717, 1.165) is 10.9 Å². The van der Waals surface area contributed by atoms with E-state index in [2.05, 4.69) is 9.71 Å². The Morgan fingerprint density at radius 2 is 2.12 bits per heavy atom. The topological polar surface area (TPSA) is 62.0 Å². The Labute approximate surface area is 105 Å². The molecule has 0 saturated heterocycles. The van der Waals surface area contributed by atoms with Gasteiger partial charge in [0, 0.05) is 28.7 Å². The van der Waals surface area contributed by atoms with E-state index in [0.29, 0.717) is 18.0 Å². The Bertz CT molecular complexity index is 607. The second-order valence-corrected chi connectivity index (χ2v) is 5.96. The van der Waals surface area contributed by atoms with Crippen molar-refractivity contribution < 1.29 is 8.42 Å². The van der Waals surface area contributed by atoms with Crippen molar-refractivity contribution in [1.82, 2.24) is 4.98 Å². The van der Waals surface area contributed by atoms with E-state index in [4.69, 9.17) is 11.6 Å². The lowest BCUT2D eigenvalue weighted by Gasteiger charge is -2.07. The van der Waals surface area contributed by atoms with Gasteiger partial charge in [0.05, 0.1) is 5.75 Å². The summed E-state index contributed by atoms with van der Waals surface area (Å²) in [6.07, 6.45) is 2.26. The van der Waals surface area contributed by atoms with Crippen LogP contribution in [-0.2, 0) is 10.0 Å². The fraction of sp³-hybridized carbons (Fsp3) is 0.273. The van der Waals surface area contributed by atoms with Crippen LogP contribution >= 0.6 is 11.6 Å². The molecule has 0 bridgehead atoms. The molecule has 2 N–H and O–H groups in total. The summed E-state index contributed by atoms with van der Waals surface area (Å²) in [5.74, 6) is 0.388. The van der Waals surface area contributed by atoms with Gasteiger partial charge < -0.3 is 4.98 Å². The molecule has 0 atom stereocenters.